The molecule has 0 amide bonds. The summed E-state index contributed by atoms with van der Waals surface area (Å²) in [5, 5.41) is 3.11. The summed E-state index contributed by atoms with van der Waals surface area (Å²) in [5.41, 5.74) is 0. The molecule has 0 atom stereocenters. The normalized spacial score (nSPS) is 7.90. The van der Waals surface area contributed by atoms with Gasteiger partial charge in [-0.15, -0.1) is 0 Å². The molecule has 0 aromatic rings. The molecule has 10 heavy (non-hydrogen) atoms. The average molecular weight is 145 g/mol. The van der Waals surface area contributed by atoms with Gasteiger partial charge in [0.15, 0.2) is 0 Å². The first-order valence-electron chi connectivity index (χ1n) is 3.97. The molecule has 0 radical (unpaired) electrons. The summed E-state index contributed by atoms with van der Waals surface area (Å²) in [6.07, 6.45) is 2.61. The fourth-order valence-electron chi connectivity index (χ4n) is 0.368. The van der Waals surface area contributed by atoms with Crippen molar-refractivity contribution in [1.29, 1.82) is 0 Å². The summed E-state index contributed by atoms with van der Waals surface area (Å²) >= 11 is 0. The third-order valence-corrected chi connectivity index (χ3v) is 0.907. The summed E-state index contributed by atoms with van der Waals surface area (Å²) in [4.78, 5) is 9.40. The van der Waals surface area contributed by atoms with Crippen molar-refractivity contribution >= 4 is 6.29 Å². The Bertz CT molecular complexity index is 53.2. The first-order valence-corrected chi connectivity index (χ1v) is 3.97. The van der Waals surface area contributed by atoms with E-state index < -0.39 is 0 Å². The van der Waals surface area contributed by atoms with Gasteiger partial charge in [0.25, 0.3) is 0 Å². The summed E-state index contributed by atoms with van der Waals surface area (Å²) < 4.78 is 0. The Morgan fingerprint density at radius 1 is 1.20 bits per heavy atom. The van der Waals surface area contributed by atoms with Crippen LogP contribution in [0.5, 0.6) is 0 Å². The Morgan fingerprint density at radius 3 is 1.70 bits per heavy atom. The van der Waals surface area contributed by atoms with Crippen LogP contribution in [-0.4, -0.2) is 19.4 Å². The van der Waals surface area contributed by atoms with Gasteiger partial charge in [-0.1, -0.05) is 20.8 Å². The zero-order chi connectivity index (χ0) is 8.24. The zero-order valence-corrected chi connectivity index (χ0v) is 7.31. The Balaban J connectivity index is 0. The second-order valence-electron chi connectivity index (χ2n) is 1.91. The van der Waals surface area contributed by atoms with Crippen LogP contribution in [0.1, 0.15) is 33.6 Å². The van der Waals surface area contributed by atoms with E-state index in [2.05, 4.69) is 19.2 Å². The van der Waals surface area contributed by atoms with Gasteiger partial charge in [0, 0.05) is 6.42 Å². The molecule has 0 aliphatic carbocycles. The van der Waals surface area contributed by atoms with E-state index in [1.165, 1.54) is 0 Å². The molecule has 0 saturated heterocycles. The van der Waals surface area contributed by atoms with Crippen LogP contribution in [0.15, 0.2) is 0 Å². The standard InChI is InChI=1S/C4H11N.C4H8O/c1-3-5-4-2;1-2-3-4-5/h5H,3-4H2,1-2H3;4H,2-3H2,1H3. The molecule has 0 aliphatic rings. The number of hydrogen-bond acceptors (Lipinski definition) is 2. The topological polar surface area (TPSA) is 29.1 Å². The van der Waals surface area contributed by atoms with Crippen molar-refractivity contribution < 1.29 is 4.79 Å². The van der Waals surface area contributed by atoms with Crippen molar-refractivity contribution in [2.75, 3.05) is 13.1 Å². The minimum Gasteiger partial charge on any atom is -0.317 e. The molecule has 0 unspecified atom stereocenters. The number of hydrogen-bond donors (Lipinski definition) is 1. The lowest BCUT2D eigenvalue weighted by Gasteiger charge is -1.86. The minimum atomic E-state index is 0.708. The van der Waals surface area contributed by atoms with Crippen LogP contribution in [0.4, 0.5) is 0 Å². The second kappa shape index (κ2) is 15.9. The van der Waals surface area contributed by atoms with E-state index in [-0.39, 0.29) is 0 Å². The molecule has 0 spiro atoms. The summed E-state index contributed by atoms with van der Waals surface area (Å²) in [6, 6.07) is 0. The molecule has 62 valence electrons. The number of carbonyl (C=O) groups excluding carboxylic acids is 1. The number of carbonyl (C=O) groups is 1. The van der Waals surface area contributed by atoms with E-state index in [9.17, 15) is 4.79 Å². The van der Waals surface area contributed by atoms with Crippen LogP contribution in [-0.2, 0) is 4.79 Å². The van der Waals surface area contributed by atoms with Gasteiger partial charge in [-0.05, 0) is 19.5 Å². The Morgan fingerprint density at radius 2 is 1.70 bits per heavy atom. The lowest BCUT2D eigenvalue weighted by Crippen LogP contribution is -2.09. The van der Waals surface area contributed by atoms with Gasteiger partial charge in [0.2, 0.25) is 0 Å². The Kier molecular flexibility index (Phi) is 19.5. The monoisotopic (exact) mass is 145 g/mol. The van der Waals surface area contributed by atoms with Gasteiger partial charge in [-0.25, -0.2) is 0 Å². The van der Waals surface area contributed by atoms with E-state index >= 15 is 0 Å². The Labute approximate surface area is 64.0 Å². The molecular formula is C8H19NO. The van der Waals surface area contributed by atoms with E-state index in [0.717, 1.165) is 25.8 Å². The van der Waals surface area contributed by atoms with Crippen molar-refractivity contribution in [3.8, 4) is 0 Å². The quantitative estimate of drug-likeness (QED) is 0.609. The molecule has 1 N–H and O–H groups in total. The van der Waals surface area contributed by atoms with Crippen molar-refractivity contribution in [3.05, 3.63) is 0 Å². The van der Waals surface area contributed by atoms with E-state index in [4.69, 9.17) is 0 Å². The number of nitrogens with one attached hydrogen (secondary N) is 1. The van der Waals surface area contributed by atoms with Gasteiger partial charge in [-0.2, -0.15) is 0 Å². The van der Waals surface area contributed by atoms with Crippen molar-refractivity contribution in [3.63, 3.8) is 0 Å². The first kappa shape index (κ1) is 12.3. The van der Waals surface area contributed by atoms with Gasteiger partial charge in [-0.3, -0.25) is 0 Å². The molecule has 2 nitrogen and oxygen atoms in total. The van der Waals surface area contributed by atoms with Crippen LogP contribution in [0, 0.1) is 0 Å². The third-order valence-electron chi connectivity index (χ3n) is 0.907. The number of rotatable bonds is 4. The van der Waals surface area contributed by atoms with E-state index in [0.29, 0.717) is 6.42 Å². The molecule has 0 aromatic carbocycles. The summed E-state index contributed by atoms with van der Waals surface area (Å²) in [6.45, 7) is 8.37. The smallest absolute Gasteiger partial charge is 0.119 e. The highest BCUT2D eigenvalue weighted by atomic mass is 16.1. The maximum Gasteiger partial charge on any atom is 0.119 e. The molecule has 0 bridgehead atoms. The van der Waals surface area contributed by atoms with Gasteiger partial charge in [0.05, 0.1) is 0 Å². The van der Waals surface area contributed by atoms with Gasteiger partial charge >= 0.3 is 0 Å². The molecule has 0 rings (SSSR count). The van der Waals surface area contributed by atoms with Crippen molar-refractivity contribution in [2.45, 2.75) is 33.6 Å². The zero-order valence-electron chi connectivity index (χ0n) is 7.31. The maximum absolute atomic E-state index is 9.40. The highest BCUT2D eigenvalue weighted by molar-refractivity contribution is 5.48. The molecule has 0 saturated carbocycles. The first-order chi connectivity index (χ1) is 4.83. The Hall–Kier alpha value is -0.370. The third kappa shape index (κ3) is 25.5. The fraction of sp³-hybridized carbons (Fsp3) is 0.875. The SMILES string of the molecule is CCCC=O.CCNCC. The molecule has 0 heterocycles. The maximum atomic E-state index is 9.40. The van der Waals surface area contributed by atoms with Crippen LogP contribution in [0.2, 0.25) is 0 Å². The number of aldehydes is 1. The molecule has 2 heteroatoms. The van der Waals surface area contributed by atoms with Crippen LogP contribution >= 0.6 is 0 Å². The van der Waals surface area contributed by atoms with Crippen LogP contribution in [0.25, 0.3) is 0 Å². The van der Waals surface area contributed by atoms with Gasteiger partial charge in [0.1, 0.15) is 6.29 Å². The minimum absolute atomic E-state index is 0.708. The van der Waals surface area contributed by atoms with Crippen LogP contribution in [0.3, 0.4) is 0 Å². The summed E-state index contributed by atoms with van der Waals surface area (Å²) in [5.74, 6) is 0. The summed E-state index contributed by atoms with van der Waals surface area (Å²) in [7, 11) is 0. The average Bonchev–Trinajstić information content (AvgIpc) is 1.93. The predicted octanol–water partition coefficient (Wildman–Crippen LogP) is 1.60. The lowest BCUT2D eigenvalue weighted by molar-refractivity contribution is -0.107. The molecular weight excluding hydrogens is 126 g/mol. The van der Waals surface area contributed by atoms with Crippen LogP contribution < -0.4 is 5.32 Å². The highest BCUT2D eigenvalue weighted by Gasteiger charge is 1.66. The highest BCUT2D eigenvalue weighted by Crippen LogP contribution is 1.74. The largest absolute Gasteiger partial charge is 0.317 e. The van der Waals surface area contributed by atoms with Crippen molar-refractivity contribution in [1.82, 2.24) is 5.32 Å². The molecule has 0 aliphatic heterocycles. The molecule has 0 fully saturated rings. The second-order valence-corrected chi connectivity index (χ2v) is 1.91. The predicted molar refractivity (Wildman–Crippen MR) is 45.2 cm³/mol. The molecule has 0 aromatic heterocycles. The van der Waals surface area contributed by atoms with Crippen molar-refractivity contribution in [2.24, 2.45) is 0 Å². The van der Waals surface area contributed by atoms with E-state index in [1.54, 1.807) is 0 Å². The van der Waals surface area contributed by atoms with Gasteiger partial charge < -0.3 is 10.1 Å². The fourth-order valence-corrected chi connectivity index (χ4v) is 0.368. The number of unbranched alkanes of at least 4 members (excludes halogenated alkanes) is 1. The van der Waals surface area contributed by atoms with E-state index in [1.807, 2.05) is 6.92 Å². The lowest BCUT2D eigenvalue weighted by atomic mass is 10.4.